The van der Waals surface area contributed by atoms with Crippen LogP contribution in [0.25, 0.3) is 0 Å². The van der Waals surface area contributed by atoms with Crippen LogP contribution < -0.4 is 10.6 Å². The maximum absolute atomic E-state index is 12.8. The van der Waals surface area contributed by atoms with Crippen LogP contribution in [0.4, 0.5) is 0 Å². The molecule has 29 heavy (non-hydrogen) atoms. The molecule has 2 fully saturated rings. The predicted molar refractivity (Wildman–Crippen MR) is 108 cm³/mol. The van der Waals surface area contributed by atoms with Gasteiger partial charge in [0.2, 0.25) is 0 Å². The van der Waals surface area contributed by atoms with Crippen molar-refractivity contribution in [1.29, 1.82) is 0 Å². The number of nitrogens with zero attached hydrogens (tertiary/aromatic N) is 3. The highest BCUT2D eigenvalue weighted by atomic mass is 16.3. The lowest BCUT2D eigenvalue weighted by atomic mass is 10.0. The molecule has 4 heterocycles. The molecule has 1 unspecified atom stereocenters. The number of rotatable bonds is 4. The van der Waals surface area contributed by atoms with Gasteiger partial charge >= 0.3 is 0 Å². The van der Waals surface area contributed by atoms with Gasteiger partial charge in [-0.15, -0.1) is 0 Å². The zero-order chi connectivity index (χ0) is 20.4. The van der Waals surface area contributed by atoms with Crippen molar-refractivity contribution in [3.63, 3.8) is 0 Å². The summed E-state index contributed by atoms with van der Waals surface area (Å²) in [6.45, 7) is 6.81. The Hall–Kier alpha value is -2.61. The first-order valence-electron chi connectivity index (χ1n) is 10.4. The molecular formula is C21H29N5O3. The molecule has 0 radical (unpaired) electrons. The van der Waals surface area contributed by atoms with Crippen molar-refractivity contribution < 1.29 is 14.0 Å². The fourth-order valence-electron chi connectivity index (χ4n) is 4.22. The summed E-state index contributed by atoms with van der Waals surface area (Å²) in [5, 5.41) is 11.0. The number of aromatic nitrogens is 2. The zero-order valence-corrected chi connectivity index (χ0v) is 17.1. The molecule has 2 N–H and O–H groups in total. The molecule has 4 rings (SSSR count). The average molecular weight is 399 g/mol. The Bertz CT molecular complexity index is 873. The molecule has 2 aliphatic heterocycles. The number of furan rings is 1. The number of hydrogen-bond donors (Lipinski definition) is 2. The van der Waals surface area contributed by atoms with Crippen molar-refractivity contribution in [2.24, 2.45) is 0 Å². The third-order valence-corrected chi connectivity index (χ3v) is 5.88. The molecule has 0 aliphatic carbocycles. The van der Waals surface area contributed by atoms with Gasteiger partial charge < -0.3 is 20.0 Å². The summed E-state index contributed by atoms with van der Waals surface area (Å²) in [7, 11) is 0. The second-order valence-electron chi connectivity index (χ2n) is 8.05. The van der Waals surface area contributed by atoms with E-state index in [0.717, 1.165) is 44.5 Å². The summed E-state index contributed by atoms with van der Waals surface area (Å²) in [6.07, 6.45) is 5.60. The van der Waals surface area contributed by atoms with Crippen molar-refractivity contribution in [2.45, 2.75) is 51.6 Å². The van der Waals surface area contributed by atoms with Crippen LogP contribution in [-0.2, 0) is 0 Å². The number of likely N-dealkylation sites (tertiary alicyclic amines) is 1. The van der Waals surface area contributed by atoms with Crippen LogP contribution in [0.1, 0.15) is 64.1 Å². The number of hydrogen-bond acceptors (Lipinski definition) is 5. The van der Waals surface area contributed by atoms with E-state index in [9.17, 15) is 9.59 Å². The fraction of sp³-hybridized carbons (Fsp3) is 0.571. The van der Waals surface area contributed by atoms with Crippen LogP contribution in [0.3, 0.4) is 0 Å². The van der Waals surface area contributed by atoms with E-state index in [-0.39, 0.29) is 17.9 Å². The SMILES string of the molecule is Cc1cc(C(=O)NC2CCN(C(=O)c3ccn(C4CCCNC4)n3)CC2)c(C)o1. The van der Waals surface area contributed by atoms with E-state index in [1.807, 2.05) is 28.8 Å². The summed E-state index contributed by atoms with van der Waals surface area (Å²) in [5.74, 6) is 1.23. The molecule has 1 atom stereocenters. The van der Waals surface area contributed by atoms with Gasteiger partial charge in [-0.3, -0.25) is 14.3 Å². The summed E-state index contributed by atoms with van der Waals surface area (Å²) in [5.41, 5.74) is 1.09. The van der Waals surface area contributed by atoms with Crippen LogP contribution in [0.5, 0.6) is 0 Å². The molecule has 2 aromatic heterocycles. The number of carbonyl (C=O) groups excluding carboxylic acids is 2. The van der Waals surface area contributed by atoms with Crippen molar-refractivity contribution in [2.75, 3.05) is 26.2 Å². The Morgan fingerprint density at radius 2 is 2.03 bits per heavy atom. The number of aryl methyl sites for hydroxylation is 2. The summed E-state index contributed by atoms with van der Waals surface area (Å²) in [6, 6.07) is 3.96. The molecule has 0 aromatic carbocycles. The maximum Gasteiger partial charge on any atom is 0.274 e. The van der Waals surface area contributed by atoms with Crippen LogP contribution in [0.15, 0.2) is 22.7 Å². The zero-order valence-electron chi connectivity index (χ0n) is 17.1. The molecule has 8 nitrogen and oxygen atoms in total. The third kappa shape index (κ3) is 4.37. The highest BCUT2D eigenvalue weighted by molar-refractivity contribution is 5.95. The standard InChI is InChI=1S/C21H29N5O3/c1-14-12-18(15(2)29-14)20(27)23-16-5-9-25(10-6-16)21(28)19-7-11-26(24-19)17-4-3-8-22-13-17/h7,11-12,16-17,22H,3-6,8-10,13H2,1-2H3,(H,23,27). The number of nitrogens with one attached hydrogen (secondary N) is 2. The van der Waals surface area contributed by atoms with E-state index in [0.29, 0.717) is 36.1 Å². The van der Waals surface area contributed by atoms with Crippen molar-refractivity contribution in [3.8, 4) is 0 Å². The van der Waals surface area contributed by atoms with Gasteiger partial charge in [-0.2, -0.15) is 5.10 Å². The minimum Gasteiger partial charge on any atom is -0.466 e. The van der Waals surface area contributed by atoms with Crippen LogP contribution in [-0.4, -0.2) is 58.7 Å². The van der Waals surface area contributed by atoms with E-state index in [2.05, 4.69) is 15.7 Å². The second kappa shape index (κ2) is 8.41. The summed E-state index contributed by atoms with van der Waals surface area (Å²) >= 11 is 0. The monoisotopic (exact) mass is 399 g/mol. The Kier molecular flexibility index (Phi) is 5.71. The third-order valence-electron chi connectivity index (χ3n) is 5.88. The quantitative estimate of drug-likeness (QED) is 0.821. The molecule has 2 saturated heterocycles. The van der Waals surface area contributed by atoms with Gasteiger partial charge in [-0.25, -0.2) is 0 Å². The summed E-state index contributed by atoms with van der Waals surface area (Å²) in [4.78, 5) is 27.1. The Morgan fingerprint density at radius 1 is 1.24 bits per heavy atom. The molecule has 2 amide bonds. The molecule has 0 saturated carbocycles. The first-order valence-corrected chi connectivity index (χ1v) is 10.4. The lowest BCUT2D eigenvalue weighted by molar-refractivity contribution is 0.0691. The van der Waals surface area contributed by atoms with Gasteiger partial charge in [0.05, 0.1) is 11.6 Å². The van der Waals surface area contributed by atoms with Gasteiger partial charge in [-0.1, -0.05) is 0 Å². The summed E-state index contributed by atoms with van der Waals surface area (Å²) < 4.78 is 7.36. The van der Waals surface area contributed by atoms with Crippen LogP contribution >= 0.6 is 0 Å². The molecule has 156 valence electrons. The molecule has 0 bridgehead atoms. The largest absolute Gasteiger partial charge is 0.466 e. The fourth-order valence-corrected chi connectivity index (χ4v) is 4.22. The average Bonchev–Trinajstić information content (AvgIpc) is 3.35. The van der Waals surface area contributed by atoms with Crippen LogP contribution in [0, 0.1) is 13.8 Å². The van der Waals surface area contributed by atoms with Gasteiger partial charge in [0.15, 0.2) is 0 Å². The predicted octanol–water partition coefficient (Wildman–Crippen LogP) is 2.05. The van der Waals surface area contributed by atoms with Gasteiger partial charge in [-0.05, 0) is 58.2 Å². The van der Waals surface area contributed by atoms with Gasteiger partial charge in [0.25, 0.3) is 11.8 Å². The minimum absolute atomic E-state index is 0.0291. The second-order valence-corrected chi connectivity index (χ2v) is 8.05. The Balaban J connectivity index is 1.30. The first kappa shape index (κ1) is 19.7. The van der Waals surface area contributed by atoms with Crippen molar-refractivity contribution in [1.82, 2.24) is 25.3 Å². The van der Waals surface area contributed by atoms with Gasteiger partial charge in [0.1, 0.15) is 17.2 Å². The Labute approximate surface area is 170 Å². The number of carbonyl (C=O) groups is 2. The Morgan fingerprint density at radius 3 is 2.69 bits per heavy atom. The smallest absolute Gasteiger partial charge is 0.274 e. The van der Waals surface area contributed by atoms with Crippen molar-refractivity contribution in [3.05, 3.63) is 41.1 Å². The maximum atomic E-state index is 12.8. The highest BCUT2D eigenvalue weighted by Crippen LogP contribution is 2.19. The van der Waals surface area contributed by atoms with E-state index >= 15 is 0 Å². The van der Waals surface area contributed by atoms with E-state index in [1.54, 1.807) is 13.0 Å². The molecule has 2 aromatic rings. The van der Waals surface area contributed by atoms with E-state index in [1.165, 1.54) is 0 Å². The topological polar surface area (TPSA) is 92.4 Å². The first-order chi connectivity index (χ1) is 14.0. The van der Waals surface area contributed by atoms with E-state index in [4.69, 9.17) is 4.42 Å². The number of piperidine rings is 2. The van der Waals surface area contributed by atoms with Gasteiger partial charge in [0, 0.05) is 31.9 Å². The molecular weight excluding hydrogens is 370 g/mol. The lowest BCUT2D eigenvalue weighted by Gasteiger charge is -2.32. The lowest BCUT2D eigenvalue weighted by Crippen LogP contribution is -2.46. The number of amides is 2. The molecule has 8 heteroatoms. The van der Waals surface area contributed by atoms with E-state index < -0.39 is 0 Å². The van der Waals surface area contributed by atoms with Crippen molar-refractivity contribution >= 4 is 11.8 Å². The van der Waals surface area contributed by atoms with Crippen LogP contribution in [0.2, 0.25) is 0 Å². The highest BCUT2D eigenvalue weighted by Gasteiger charge is 2.27. The molecule has 2 aliphatic rings. The normalized spacial score (nSPS) is 20.6. The molecule has 0 spiro atoms. The minimum atomic E-state index is -0.107.